The van der Waals surface area contributed by atoms with Crippen LogP contribution >= 0.6 is 0 Å². The molecule has 0 saturated heterocycles. The van der Waals surface area contributed by atoms with Gasteiger partial charge < -0.3 is 15.8 Å². The summed E-state index contributed by atoms with van der Waals surface area (Å²) in [7, 11) is 1.81. The number of amides is 1. The average Bonchev–Trinajstić information content (AvgIpc) is 2.36. The van der Waals surface area contributed by atoms with Crippen LogP contribution in [-0.2, 0) is 4.79 Å². The number of rotatable bonds is 3. The predicted molar refractivity (Wildman–Crippen MR) is 66.8 cm³/mol. The largest absolute Gasteiger partial charge is 0.409 e. The molecule has 0 aliphatic heterocycles. The maximum absolute atomic E-state index is 12.3. The minimum absolute atomic E-state index is 0.0369. The summed E-state index contributed by atoms with van der Waals surface area (Å²) in [5, 5.41) is 11.7. The number of nitrogens with two attached hydrogens (primary N) is 1. The molecule has 0 unspecified atom stereocenters. The molecule has 0 aromatic rings. The molecule has 1 rings (SSSR count). The summed E-state index contributed by atoms with van der Waals surface area (Å²) in [6.45, 7) is 3.37. The van der Waals surface area contributed by atoms with Crippen LogP contribution in [0.3, 0.4) is 0 Å². The van der Waals surface area contributed by atoms with Crippen molar-refractivity contribution in [3.05, 3.63) is 0 Å². The molecule has 1 aliphatic carbocycles. The van der Waals surface area contributed by atoms with E-state index in [4.69, 9.17) is 10.9 Å². The summed E-state index contributed by atoms with van der Waals surface area (Å²) in [5.41, 5.74) is 4.63. The maximum atomic E-state index is 12.3. The second-order valence-corrected chi connectivity index (χ2v) is 5.32. The highest BCUT2D eigenvalue weighted by Crippen LogP contribution is 2.26. The lowest BCUT2D eigenvalue weighted by atomic mass is 9.87. The molecule has 0 bridgehead atoms. The normalized spacial score (nSPS) is 19.1. The second kappa shape index (κ2) is 5.38. The monoisotopic (exact) mass is 241 g/mol. The van der Waals surface area contributed by atoms with Gasteiger partial charge in [-0.25, -0.2) is 0 Å². The van der Waals surface area contributed by atoms with E-state index in [0.29, 0.717) is 6.04 Å². The molecule has 5 heteroatoms. The van der Waals surface area contributed by atoms with Crippen LogP contribution in [-0.4, -0.2) is 34.9 Å². The van der Waals surface area contributed by atoms with Crippen molar-refractivity contribution < 1.29 is 10.0 Å². The van der Waals surface area contributed by atoms with Gasteiger partial charge in [-0.1, -0.05) is 24.4 Å². The van der Waals surface area contributed by atoms with Crippen LogP contribution in [0.4, 0.5) is 0 Å². The number of carbonyl (C=O) groups excluding carboxylic acids is 1. The third-order valence-electron chi connectivity index (χ3n) is 3.73. The molecule has 98 valence electrons. The molecule has 0 radical (unpaired) electrons. The van der Waals surface area contributed by atoms with Gasteiger partial charge >= 0.3 is 0 Å². The van der Waals surface area contributed by atoms with Crippen molar-refractivity contribution in [2.75, 3.05) is 7.05 Å². The number of hydrogen-bond donors (Lipinski definition) is 2. The van der Waals surface area contributed by atoms with Crippen LogP contribution in [0.2, 0.25) is 0 Å². The van der Waals surface area contributed by atoms with E-state index in [1.54, 1.807) is 18.7 Å². The molecule has 1 fully saturated rings. The predicted octanol–water partition coefficient (Wildman–Crippen LogP) is 1.55. The van der Waals surface area contributed by atoms with Gasteiger partial charge in [0.2, 0.25) is 5.91 Å². The standard InChI is InChI=1S/C12H23N3O2/c1-12(2,10(13)14-17)11(16)15(3)9-7-5-4-6-8-9/h9,17H,4-8H2,1-3H3,(H2,13,14). The fraction of sp³-hybridized carbons (Fsp3) is 0.833. The van der Waals surface area contributed by atoms with Crippen molar-refractivity contribution >= 4 is 11.7 Å². The van der Waals surface area contributed by atoms with E-state index in [9.17, 15) is 4.79 Å². The lowest BCUT2D eigenvalue weighted by molar-refractivity contribution is -0.138. The van der Waals surface area contributed by atoms with Crippen LogP contribution < -0.4 is 5.73 Å². The van der Waals surface area contributed by atoms with Gasteiger partial charge in [-0.05, 0) is 26.7 Å². The van der Waals surface area contributed by atoms with Gasteiger partial charge in [0.05, 0.1) is 0 Å². The first-order chi connectivity index (χ1) is 7.91. The molecule has 1 saturated carbocycles. The molecule has 0 aromatic carbocycles. The van der Waals surface area contributed by atoms with E-state index in [2.05, 4.69) is 5.16 Å². The van der Waals surface area contributed by atoms with Crippen molar-refractivity contribution in [2.24, 2.45) is 16.3 Å². The molecular weight excluding hydrogens is 218 g/mol. The van der Waals surface area contributed by atoms with Crippen molar-refractivity contribution in [2.45, 2.75) is 52.0 Å². The van der Waals surface area contributed by atoms with Gasteiger partial charge in [-0.2, -0.15) is 0 Å². The Balaban J connectivity index is 2.74. The Morgan fingerprint density at radius 2 is 1.88 bits per heavy atom. The Bertz CT molecular complexity index is 307. The van der Waals surface area contributed by atoms with Crippen LogP contribution in [0.15, 0.2) is 5.16 Å². The van der Waals surface area contributed by atoms with Crippen LogP contribution in [0.25, 0.3) is 0 Å². The highest BCUT2D eigenvalue weighted by atomic mass is 16.4. The lowest BCUT2D eigenvalue weighted by Gasteiger charge is -2.36. The van der Waals surface area contributed by atoms with Crippen LogP contribution in [0.5, 0.6) is 0 Å². The number of oxime groups is 1. The van der Waals surface area contributed by atoms with E-state index >= 15 is 0 Å². The number of carbonyl (C=O) groups is 1. The van der Waals surface area contributed by atoms with E-state index in [-0.39, 0.29) is 11.7 Å². The van der Waals surface area contributed by atoms with Crippen LogP contribution in [0, 0.1) is 5.41 Å². The number of amidine groups is 1. The first-order valence-electron chi connectivity index (χ1n) is 6.16. The zero-order chi connectivity index (χ0) is 13.1. The highest BCUT2D eigenvalue weighted by molar-refractivity contribution is 6.05. The number of hydrogen-bond acceptors (Lipinski definition) is 3. The minimum Gasteiger partial charge on any atom is -0.409 e. The van der Waals surface area contributed by atoms with Gasteiger partial charge in [0.15, 0.2) is 5.84 Å². The molecule has 0 heterocycles. The summed E-state index contributed by atoms with van der Waals surface area (Å²) in [6.07, 6.45) is 5.70. The zero-order valence-electron chi connectivity index (χ0n) is 10.9. The van der Waals surface area contributed by atoms with Gasteiger partial charge in [0.1, 0.15) is 5.41 Å². The fourth-order valence-electron chi connectivity index (χ4n) is 2.31. The molecular formula is C12H23N3O2. The molecule has 0 atom stereocenters. The Labute approximate surface area is 103 Å². The highest BCUT2D eigenvalue weighted by Gasteiger charge is 2.37. The second-order valence-electron chi connectivity index (χ2n) is 5.32. The zero-order valence-corrected chi connectivity index (χ0v) is 10.9. The Hall–Kier alpha value is -1.26. The molecule has 17 heavy (non-hydrogen) atoms. The average molecular weight is 241 g/mol. The van der Waals surface area contributed by atoms with Crippen LogP contribution in [0.1, 0.15) is 46.0 Å². The summed E-state index contributed by atoms with van der Waals surface area (Å²) >= 11 is 0. The topological polar surface area (TPSA) is 78.9 Å². The van der Waals surface area contributed by atoms with Gasteiger partial charge in [-0.3, -0.25) is 4.79 Å². The number of nitrogens with zero attached hydrogens (tertiary/aromatic N) is 2. The van der Waals surface area contributed by atoms with Crippen molar-refractivity contribution in [3.8, 4) is 0 Å². The first-order valence-corrected chi connectivity index (χ1v) is 6.16. The molecule has 3 N–H and O–H groups in total. The summed E-state index contributed by atoms with van der Waals surface area (Å²) < 4.78 is 0. The van der Waals surface area contributed by atoms with Gasteiger partial charge in [0, 0.05) is 13.1 Å². The third kappa shape index (κ3) is 2.90. The van der Waals surface area contributed by atoms with Gasteiger partial charge in [-0.15, -0.1) is 0 Å². The SMILES string of the molecule is CN(C(=O)C(C)(C)C(N)=NO)C1CCCCC1. The smallest absolute Gasteiger partial charge is 0.235 e. The molecule has 1 amide bonds. The molecule has 5 nitrogen and oxygen atoms in total. The first kappa shape index (κ1) is 13.8. The van der Waals surface area contributed by atoms with E-state index in [0.717, 1.165) is 12.8 Å². The van der Waals surface area contributed by atoms with E-state index < -0.39 is 5.41 Å². The third-order valence-corrected chi connectivity index (χ3v) is 3.73. The van der Waals surface area contributed by atoms with E-state index in [1.165, 1.54) is 19.3 Å². The van der Waals surface area contributed by atoms with Gasteiger partial charge in [0.25, 0.3) is 0 Å². The van der Waals surface area contributed by atoms with E-state index in [1.807, 2.05) is 7.05 Å². The lowest BCUT2D eigenvalue weighted by Crippen LogP contribution is -2.50. The quantitative estimate of drug-likeness (QED) is 0.340. The molecule has 0 spiro atoms. The molecule has 0 aromatic heterocycles. The Morgan fingerprint density at radius 1 is 1.35 bits per heavy atom. The molecule has 1 aliphatic rings. The van der Waals surface area contributed by atoms with Crippen molar-refractivity contribution in [3.63, 3.8) is 0 Å². The van der Waals surface area contributed by atoms with Crippen molar-refractivity contribution in [1.29, 1.82) is 0 Å². The summed E-state index contributed by atoms with van der Waals surface area (Å²) in [6, 6.07) is 0.294. The Morgan fingerprint density at radius 3 is 2.35 bits per heavy atom. The summed E-state index contributed by atoms with van der Waals surface area (Å²) in [4.78, 5) is 14.1. The fourth-order valence-corrected chi connectivity index (χ4v) is 2.31. The van der Waals surface area contributed by atoms with Crippen molar-refractivity contribution in [1.82, 2.24) is 4.90 Å². The summed E-state index contributed by atoms with van der Waals surface area (Å²) in [5.74, 6) is -0.121. The maximum Gasteiger partial charge on any atom is 0.235 e. The minimum atomic E-state index is -0.944. The Kier molecular flexibility index (Phi) is 4.37.